The van der Waals surface area contributed by atoms with Crippen molar-refractivity contribution in [2.75, 3.05) is 18.5 Å². The minimum atomic E-state index is -0.224. The van der Waals surface area contributed by atoms with Gasteiger partial charge in [0.05, 0.1) is 12.2 Å². The quantitative estimate of drug-likeness (QED) is 0.650. The second kappa shape index (κ2) is 6.84. The first-order chi connectivity index (χ1) is 12.5. The molecule has 2 heterocycles. The molecule has 2 unspecified atom stereocenters. The summed E-state index contributed by atoms with van der Waals surface area (Å²) in [4.78, 5) is 5.43. The Hall–Kier alpha value is -2.20. The molecule has 3 aromatic rings. The van der Waals surface area contributed by atoms with Gasteiger partial charge in [-0.15, -0.1) is 0 Å². The minimum absolute atomic E-state index is 0.0243. The van der Waals surface area contributed by atoms with Gasteiger partial charge in [-0.25, -0.2) is 4.39 Å². The summed E-state index contributed by atoms with van der Waals surface area (Å²) in [6.07, 6.45) is 3.52. The van der Waals surface area contributed by atoms with Crippen LogP contribution < -0.4 is 9.64 Å². The van der Waals surface area contributed by atoms with Crippen molar-refractivity contribution in [2.45, 2.75) is 24.9 Å². The van der Waals surface area contributed by atoms with E-state index in [0.29, 0.717) is 5.02 Å². The van der Waals surface area contributed by atoms with Gasteiger partial charge in [-0.1, -0.05) is 18.5 Å². The lowest BCUT2D eigenvalue weighted by molar-refractivity contribution is 0.176. The molecule has 0 fully saturated rings. The standard InChI is InChI=1S/C21H21ClFN2O/c1-3-13(18-11-24-19-6-5-15(23)10-17(18)19)8-16-12-25(2)20-7-4-14(22)9-21(20)26-16/h4-7,9-11,13,16,24H,1,3,8,12H2,2H3. The lowest BCUT2D eigenvalue weighted by Gasteiger charge is -2.35. The molecule has 3 nitrogen and oxygen atoms in total. The van der Waals surface area contributed by atoms with Crippen molar-refractivity contribution in [2.24, 2.45) is 0 Å². The number of rotatable bonds is 4. The van der Waals surface area contributed by atoms with Gasteiger partial charge < -0.3 is 14.6 Å². The topological polar surface area (TPSA) is 28.3 Å². The molecule has 0 aliphatic carbocycles. The third-order valence-electron chi connectivity index (χ3n) is 5.12. The first-order valence-electron chi connectivity index (χ1n) is 8.78. The number of hydrogen-bond donors (Lipinski definition) is 1. The zero-order valence-electron chi connectivity index (χ0n) is 14.6. The Morgan fingerprint density at radius 1 is 1.35 bits per heavy atom. The molecular formula is C21H21ClFN2O. The van der Waals surface area contributed by atoms with Crippen LogP contribution in [0.1, 0.15) is 24.3 Å². The summed E-state index contributed by atoms with van der Waals surface area (Å²) in [5, 5.41) is 1.59. The Balaban J connectivity index is 1.60. The fourth-order valence-electron chi connectivity index (χ4n) is 3.81. The number of nitrogens with one attached hydrogen (secondary N) is 1. The normalized spacial score (nSPS) is 17.8. The number of aromatic amines is 1. The predicted molar refractivity (Wildman–Crippen MR) is 105 cm³/mol. The molecule has 1 radical (unpaired) electrons. The van der Waals surface area contributed by atoms with E-state index in [4.69, 9.17) is 16.3 Å². The summed E-state index contributed by atoms with van der Waals surface area (Å²) < 4.78 is 19.9. The summed E-state index contributed by atoms with van der Waals surface area (Å²) in [7, 11) is 2.06. The summed E-state index contributed by atoms with van der Waals surface area (Å²) in [5.41, 5.74) is 3.09. The van der Waals surface area contributed by atoms with Gasteiger partial charge in [-0.05, 0) is 54.7 Å². The molecule has 1 aliphatic rings. The Bertz CT molecular complexity index is 939. The lowest BCUT2D eigenvalue weighted by atomic mass is 9.90. The second-order valence-corrected chi connectivity index (χ2v) is 7.32. The molecule has 0 saturated carbocycles. The van der Waals surface area contributed by atoms with E-state index in [0.717, 1.165) is 47.3 Å². The molecule has 1 aromatic heterocycles. The Morgan fingerprint density at radius 2 is 2.19 bits per heavy atom. The summed E-state index contributed by atoms with van der Waals surface area (Å²) in [5.74, 6) is 0.770. The average Bonchev–Trinajstić information content (AvgIpc) is 3.02. The molecule has 135 valence electrons. The van der Waals surface area contributed by atoms with Gasteiger partial charge in [-0.2, -0.15) is 0 Å². The van der Waals surface area contributed by atoms with Gasteiger partial charge in [0.1, 0.15) is 17.7 Å². The van der Waals surface area contributed by atoms with Gasteiger partial charge >= 0.3 is 0 Å². The molecule has 0 amide bonds. The molecule has 0 spiro atoms. The molecule has 4 rings (SSSR count). The number of benzene rings is 2. The van der Waals surface area contributed by atoms with E-state index in [1.54, 1.807) is 12.1 Å². The molecule has 1 N–H and O–H groups in total. The van der Waals surface area contributed by atoms with Crippen molar-refractivity contribution in [3.8, 4) is 5.75 Å². The van der Waals surface area contributed by atoms with E-state index in [2.05, 4.69) is 23.9 Å². The van der Waals surface area contributed by atoms with E-state index in [9.17, 15) is 4.39 Å². The van der Waals surface area contributed by atoms with Crippen LogP contribution in [0.25, 0.3) is 10.9 Å². The van der Waals surface area contributed by atoms with Crippen LogP contribution in [0, 0.1) is 12.7 Å². The van der Waals surface area contributed by atoms with Crippen LogP contribution in [-0.4, -0.2) is 24.7 Å². The number of hydrogen-bond acceptors (Lipinski definition) is 2. The number of likely N-dealkylation sites (N-methyl/N-ethyl adjacent to an activating group) is 1. The number of anilines is 1. The van der Waals surface area contributed by atoms with Crippen molar-refractivity contribution in [1.82, 2.24) is 4.98 Å². The first-order valence-corrected chi connectivity index (χ1v) is 9.16. The minimum Gasteiger partial charge on any atom is -0.486 e. The molecule has 5 heteroatoms. The third kappa shape index (κ3) is 3.14. The molecule has 0 saturated heterocycles. The second-order valence-electron chi connectivity index (χ2n) is 6.89. The monoisotopic (exact) mass is 371 g/mol. The van der Waals surface area contributed by atoms with Crippen LogP contribution in [0.3, 0.4) is 0 Å². The van der Waals surface area contributed by atoms with Gasteiger partial charge in [0.25, 0.3) is 0 Å². The first kappa shape index (κ1) is 17.2. The van der Waals surface area contributed by atoms with Crippen LogP contribution in [0.4, 0.5) is 10.1 Å². The molecule has 2 aromatic carbocycles. The van der Waals surface area contributed by atoms with Crippen LogP contribution in [-0.2, 0) is 0 Å². The van der Waals surface area contributed by atoms with Crippen molar-refractivity contribution in [3.05, 3.63) is 65.9 Å². The number of H-pyrrole nitrogens is 1. The fourth-order valence-corrected chi connectivity index (χ4v) is 3.97. The maximum Gasteiger partial charge on any atom is 0.144 e. The summed E-state index contributed by atoms with van der Waals surface area (Å²) in [6, 6.07) is 10.6. The summed E-state index contributed by atoms with van der Waals surface area (Å²) >= 11 is 6.12. The molecule has 0 bridgehead atoms. The number of ether oxygens (including phenoxy) is 1. The largest absolute Gasteiger partial charge is 0.486 e. The van der Waals surface area contributed by atoms with Crippen LogP contribution >= 0.6 is 11.6 Å². The van der Waals surface area contributed by atoms with E-state index >= 15 is 0 Å². The number of halogens is 2. The smallest absolute Gasteiger partial charge is 0.144 e. The van der Waals surface area contributed by atoms with Gasteiger partial charge in [0, 0.05) is 35.2 Å². The van der Waals surface area contributed by atoms with Crippen molar-refractivity contribution < 1.29 is 9.13 Å². The van der Waals surface area contributed by atoms with Crippen molar-refractivity contribution in [3.63, 3.8) is 0 Å². The maximum atomic E-state index is 13.7. The van der Waals surface area contributed by atoms with Gasteiger partial charge in [-0.3, -0.25) is 0 Å². The number of aromatic nitrogens is 1. The van der Waals surface area contributed by atoms with Gasteiger partial charge in [0.15, 0.2) is 0 Å². The van der Waals surface area contributed by atoms with Crippen LogP contribution in [0.15, 0.2) is 42.6 Å². The predicted octanol–water partition coefficient (Wildman–Crippen LogP) is 5.56. The Kier molecular flexibility index (Phi) is 4.53. The van der Waals surface area contributed by atoms with Crippen LogP contribution in [0.2, 0.25) is 5.02 Å². The van der Waals surface area contributed by atoms with E-state index in [1.165, 1.54) is 6.07 Å². The van der Waals surface area contributed by atoms with Gasteiger partial charge in [0.2, 0.25) is 0 Å². The third-order valence-corrected chi connectivity index (χ3v) is 5.35. The SMILES string of the molecule is [CH2]CC(CC1CN(C)c2ccc(Cl)cc2O1)c1c[nH]c2ccc(F)cc12. The zero-order valence-corrected chi connectivity index (χ0v) is 15.4. The Morgan fingerprint density at radius 3 is 3.00 bits per heavy atom. The summed E-state index contributed by atoms with van der Waals surface area (Å²) in [6.45, 7) is 4.91. The van der Waals surface area contributed by atoms with Crippen molar-refractivity contribution >= 4 is 28.2 Å². The maximum absolute atomic E-state index is 13.7. The Labute approximate surface area is 157 Å². The van der Waals surface area contributed by atoms with Crippen molar-refractivity contribution in [1.29, 1.82) is 0 Å². The molecular weight excluding hydrogens is 351 g/mol. The van der Waals surface area contributed by atoms with E-state index in [-0.39, 0.29) is 17.8 Å². The molecule has 1 aliphatic heterocycles. The highest BCUT2D eigenvalue weighted by Crippen LogP contribution is 2.38. The van der Waals surface area contributed by atoms with E-state index in [1.807, 2.05) is 24.4 Å². The highest BCUT2D eigenvalue weighted by molar-refractivity contribution is 6.30. The molecule has 26 heavy (non-hydrogen) atoms. The number of nitrogens with zero attached hydrogens (tertiary/aromatic N) is 1. The average molecular weight is 372 g/mol. The zero-order chi connectivity index (χ0) is 18.3. The van der Waals surface area contributed by atoms with Crippen LogP contribution in [0.5, 0.6) is 5.75 Å². The number of fused-ring (bicyclic) bond motifs is 2. The lowest BCUT2D eigenvalue weighted by Crippen LogP contribution is -2.38. The van der Waals surface area contributed by atoms with E-state index < -0.39 is 0 Å². The fraction of sp³-hybridized carbons (Fsp3) is 0.286. The molecule has 2 atom stereocenters. The highest BCUT2D eigenvalue weighted by atomic mass is 35.5. The highest BCUT2D eigenvalue weighted by Gasteiger charge is 2.27.